The lowest BCUT2D eigenvalue weighted by Gasteiger charge is -2.13. The van der Waals surface area contributed by atoms with Crippen LogP contribution in [0.2, 0.25) is 0 Å². The van der Waals surface area contributed by atoms with Crippen LogP contribution in [0.4, 0.5) is 0 Å². The summed E-state index contributed by atoms with van der Waals surface area (Å²) in [6.45, 7) is 0.657. The number of allylic oxidation sites excluding steroid dienone is 2. The first-order chi connectivity index (χ1) is 6.88. The molecule has 0 radical (unpaired) electrons. The van der Waals surface area contributed by atoms with Gasteiger partial charge in [-0.1, -0.05) is 30.3 Å². The van der Waals surface area contributed by atoms with Crippen molar-refractivity contribution in [1.82, 2.24) is 0 Å². The molecule has 1 aliphatic heterocycles. The number of ether oxygens (including phenoxy) is 1. The Hall–Kier alpha value is -1.57. The van der Waals surface area contributed by atoms with E-state index in [-0.39, 0.29) is 5.78 Å². The summed E-state index contributed by atoms with van der Waals surface area (Å²) in [5.41, 5.74) is 0.695. The van der Waals surface area contributed by atoms with Crippen LogP contribution in [-0.4, -0.2) is 12.4 Å². The average molecular weight is 188 g/mol. The fourth-order valence-corrected chi connectivity index (χ4v) is 1.45. The summed E-state index contributed by atoms with van der Waals surface area (Å²) in [6.07, 6.45) is 3.82. The lowest BCUT2D eigenvalue weighted by molar-refractivity contribution is 0.0899. The third-order valence-corrected chi connectivity index (χ3v) is 2.20. The molecule has 0 bridgehead atoms. The van der Waals surface area contributed by atoms with Crippen molar-refractivity contribution in [2.75, 3.05) is 6.61 Å². The summed E-state index contributed by atoms with van der Waals surface area (Å²) >= 11 is 0. The first-order valence-corrected chi connectivity index (χ1v) is 4.80. The first-order valence-electron chi connectivity index (χ1n) is 4.80. The largest absolute Gasteiger partial charge is 0.490 e. The van der Waals surface area contributed by atoms with Gasteiger partial charge in [0.05, 0.1) is 6.61 Å². The quantitative estimate of drug-likeness (QED) is 0.667. The maximum absolute atomic E-state index is 11.8. The van der Waals surface area contributed by atoms with Crippen molar-refractivity contribution in [1.29, 1.82) is 0 Å². The lowest BCUT2D eigenvalue weighted by atomic mass is 10.1. The van der Waals surface area contributed by atoms with Gasteiger partial charge >= 0.3 is 0 Å². The van der Waals surface area contributed by atoms with E-state index < -0.39 is 0 Å². The van der Waals surface area contributed by atoms with Crippen molar-refractivity contribution >= 4 is 5.78 Å². The van der Waals surface area contributed by atoms with Crippen molar-refractivity contribution in [2.24, 2.45) is 0 Å². The number of rotatable bonds is 2. The van der Waals surface area contributed by atoms with Gasteiger partial charge in [-0.05, 0) is 18.9 Å². The fourth-order valence-electron chi connectivity index (χ4n) is 1.45. The van der Waals surface area contributed by atoms with E-state index >= 15 is 0 Å². The van der Waals surface area contributed by atoms with E-state index in [1.807, 2.05) is 24.3 Å². The summed E-state index contributed by atoms with van der Waals surface area (Å²) < 4.78 is 5.31. The SMILES string of the molecule is O=C(C1=CCCCO1)c1ccccc1. The second kappa shape index (κ2) is 4.09. The molecule has 0 amide bonds. The highest BCUT2D eigenvalue weighted by molar-refractivity contribution is 6.07. The Kier molecular flexibility index (Phi) is 2.63. The first kappa shape index (κ1) is 9.00. The standard InChI is InChI=1S/C12H12O2/c13-12(10-6-2-1-3-7-10)11-8-4-5-9-14-11/h1-3,6-8H,4-5,9H2. The van der Waals surface area contributed by atoms with Gasteiger partial charge in [0.2, 0.25) is 5.78 Å². The molecular weight excluding hydrogens is 176 g/mol. The highest BCUT2D eigenvalue weighted by Crippen LogP contribution is 2.15. The van der Waals surface area contributed by atoms with Crippen LogP contribution >= 0.6 is 0 Å². The number of ketones is 1. The Morgan fingerprint density at radius 3 is 2.64 bits per heavy atom. The predicted molar refractivity (Wildman–Crippen MR) is 54.0 cm³/mol. The molecule has 0 atom stereocenters. The molecule has 1 aliphatic rings. The molecule has 14 heavy (non-hydrogen) atoms. The van der Waals surface area contributed by atoms with E-state index in [2.05, 4.69) is 0 Å². The van der Waals surface area contributed by atoms with Gasteiger partial charge in [-0.25, -0.2) is 0 Å². The molecule has 0 saturated carbocycles. The monoisotopic (exact) mass is 188 g/mol. The molecule has 0 aliphatic carbocycles. The number of hydrogen-bond donors (Lipinski definition) is 0. The van der Waals surface area contributed by atoms with Crippen LogP contribution in [-0.2, 0) is 4.74 Å². The Morgan fingerprint density at radius 1 is 1.21 bits per heavy atom. The smallest absolute Gasteiger partial charge is 0.227 e. The van der Waals surface area contributed by atoms with Crippen molar-refractivity contribution in [3.05, 3.63) is 47.7 Å². The minimum absolute atomic E-state index is 0.00898. The second-order valence-corrected chi connectivity index (χ2v) is 3.25. The minimum atomic E-state index is -0.00898. The van der Waals surface area contributed by atoms with E-state index in [1.165, 1.54) is 0 Å². The van der Waals surface area contributed by atoms with Gasteiger partial charge in [0.25, 0.3) is 0 Å². The van der Waals surface area contributed by atoms with Crippen LogP contribution < -0.4 is 0 Å². The second-order valence-electron chi connectivity index (χ2n) is 3.25. The molecule has 1 heterocycles. The molecule has 72 valence electrons. The minimum Gasteiger partial charge on any atom is -0.490 e. The van der Waals surface area contributed by atoms with Crippen molar-refractivity contribution < 1.29 is 9.53 Å². The van der Waals surface area contributed by atoms with Gasteiger partial charge < -0.3 is 4.74 Å². The van der Waals surface area contributed by atoms with Crippen LogP contribution in [0.25, 0.3) is 0 Å². The number of Topliss-reactive ketones (excluding diaryl/α,β-unsaturated/α-hetero) is 1. The normalized spacial score (nSPS) is 15.6. The van der Waals surface area contributed by atoms with Crippen molar-refractivity contribution in [3.63, 3.8) is 0 Å². The summed E-state index contributed by atoms with van der Waals surface area (Å²) in [7, 11) is 0. The van der Waals surface area contributed by atoms with Crippen LogP contribution in [0.5, 0.6) is 0 Å². The fraction of sp³-hybridized carbons (Fsp3) is 0.250. The zero-order valence-corrected chi connectivity index (χ0v) is 7.90. The summed E-state index contributed by atoms with van der Waals surface area (Å²) in [6, 6.07) is 9.22. The zero-order chi connectivity index (χ0) is 9.80. The third-order valence-electron chi connectivity index (χ3n) is 2.20. The van der Waals surface area contributed by atoms with Gasteiger partial charge in [0.1, 0.15) is 0 Å². The van der Waals surface area contributed by atoms with E-state index in [4.69, 9.17) is 4.74 Å². The van der Waals surface area contributed by atoms with Crippen LogP contribution in [0.1, 0.15) is 23.2 Å². The molecule has 0 aromatic heterocycles. The van der Waals surface area contributed by atoms with E-state index in [9.17, 15) is 4.79 Å². The third kappa shape index (κ3) is 1.84. The highest BCUT2D eigenvalue weighted by Gasteiger charge is 2.14. The molecule has 0 fully saturated rings. The Balaban J connectivity index is 2.20. The molecule has 0 N–H and O–H groups in total. The summed E-state index contributed by atoms with van der Waals surface area (Å²) in [4.78, 5) is 11.8. The number of hydrogen-bond acceptors (Lipinski definition) is 2. The molecular formula is C12H12O2. The number of benzene rings is 1. The van der Waals surface area contributed by atoms with Gasteiger partial charge in [-0.3, -0.25) is 4.79 Å². The van der Waals surface area contributed by atoms with Crippen molar-refractivity contribution in [2.45, 2.75) is 12.8 Å². The molecule has 0 unspecified atom stereocenters. The maximum atomic E-state index is 11.8. The zero-order valence-electron chi connectivity index (χ0n) is 7.90. The summed E-state index contributed by atoms with van der Waals surface area (Å²) in [5.74, 6) is 0.493. The molecule has 1 aromatic carbocycles. The van der Waals surface area contributed by atoms with Crippen LogP contribution in [0.3, 0.4) is 0 Å². The molecule has 1 aromatic rings. The Labute approximate surface area is 83.2 Å². The van der Waals surface area contributed by atoms with Gasteiger partial charge in [-0.2, -0.15) is 0 Å². The van der Waals surface area contributed by atoms with Crippen LogP contribution in [0, 0.1) is 0 Å². The summed E-state index contributed by atoms with van der Waals surface area (Å²) in [5, 5.41) is 0. The average Bonchev–Trinajstić information content (AvgIpc) is 2.30. The van der Waals surface area contributed by atoms with Gasteiger partial charge in [-0.15, -0.1) is 0 Å². The molecule has 2 rings (SSSR count). The number of carbonyl (C=O) groups excluding carboxylic acids is 1. The predicted octanol–water partition coefficient (Wildman–Crippen LogP) is 2.56. The van der Waals surface area contributed by atoms with Crippen LogP contribution in [0.15, 0.2) is 42.2 Å². The maximum Gasteiger partial charge on any atom is 0.227 e. The van der Waals surface area contributed by atoms with Gasteiger partial charge in [0.15, 0.2) is 5.76 Å². The Bertz CT molecular complexity index is 352. The van der Waals surface area contributed by atoms with E-state index in [1.54, 1.807) is 12.1 Å². The van der Waals surface area contributed by atoms with Crippen molar-refractivity contribution in [3.8, 4) is 0 Å². The number of carbonyl (C=O) groups is 1. The van der Waals surface area contributed by atoms with E-state index in [0.717, 1.165) is 12.8 Å². The van der Waals surface area contributed by atoms with Gasteiger partial charge in [0, 0.05) is 5.56 Å². The molecule has 0 spiro atoms. The molecule has 2 nitrogen and oxygen atoms in total. The molecule has 2 heteroatoms. The topological polar surface area (TPSA) is 26.3 Å². The Morgan fingerprint density at radius 2 is 2.00 bits per heavy atom. The lowest BCUT2D eigenvalue weighted by Crippen LogP contribution is -2.11. The van der Waals surface area contributed by atoms with E-state index in [0.29, 0.717) is 17.9 Å². The highest BCUT2D eigenvalue weighted by atomic mass is 16.5. The molecule has 0 saturated heterocycles.